The summed E-state index contributed by atoms with van der Waals surface area (Å²) >= 11 is 0. The highest BCUT2D eigenvalue weighted by atomic mass is 16.6. The molecule has 4 aliphatic rings. The van der Waals surface area contributed by atoms with Gasteiger partial charge in [0.2, 0.25) is 0 Å². The third-order valence-electron chi connectivity index (χ3n) is 7.86. The third-order valence-corrected chi connectivity index (χ3v) is 7.86. The maximum atomic E-state index is 12.6. The molecule has 1 saturated carbocycles. The van der Waals surface area contributed by atoms with E-state index in [1.165, 1.54) is 35.3 Å². The van der Waals surface area contributed by atoms with E-state index in [-0.39, 0.29) is 23.4 Å². The second kappa shape index (κ2) is 9.72. The van der Waals surface area contributed by atoms with Crippen LogP contribution >= 0.6 is 0 Å². The second-order valence-electron chi connectivity index (χ2n) is 11.1. The van der Waals surface area contributed by atoms with E-state index in [4.69, 9.17) is 19.1 Å². The fraction of sp³-hybridized carbons (Fsp3) is 0.517. The first-order chi connectivity index (χ1) is 17.3. The van der Waals surface area contributed by atoms with Crippen LogP contribution in [-0.4, -0.2) is 48.0 Å². The molecule has 1 aliphatic carbocycles. The summed E-state index contributed by atoms with van der Waals surface area (Å²) < 4.78 is 12.4. The van der Waals surface area contributed by atoms with E-state index >= 15 is 0 Å². The molecule has 2 aromatic carbocycles. The van der Waals surface area contributed by atoms with Crippen molar-refractivity contribution in [1.82, 2.24) is 4.90 Å². The van der Waals surface area contributed by atoms with Gasteiger partial charge in [0, 0.05) is 38.2 Å². The fourth-order valence-electron chi connectivity index (χ4n) is 5.71. The predicted molar refractivity (Wildman–Crippen MR) is 134 cm³/mol. The van der Waals surface area contributed by atoms with Crippen LogP contribution in [0, 0.1) is 0 Å². The van der Waals surface area contributed by atoms with Gasteiger partial charge in [0.25, 0.3) is 0 Å². The standard InChI is InChI=1S/C28H34N2O3.CO2/c1-27(2)11-10-22-16-20(17-24(21-8-9-21)25(22)32-27)18-29-14-12-28(13-15-29)19-30(26(31)33-28)23-6-4-3-5-7-23;2-1-3/h3-7,16-17,21H,8-15,18-19H2,1-2H3;. The van der Waals surface area contributed by atoms with Gasteiger partial charge in [-0.25, -0.2) is 4.79 Å². The number of carbonyl (C=O) groups is 1. The van der Waals surface area contributed by atoms with Crippen molar-refractivity contribution in [2.45, 2.75) is 76.0 Å². The number of ether oxygens (including phenoxy) is 2. The first-order valence-electron chi connectivity index (χ1n) is 12.9. The van der Waals surface area contributed by atoms with Crippen molar-refractivity contribution >= 4 is 17.9 Å². The number of carbonyl (C=O) groups excluding carboxylic acids is 3. The lowest BCUT2D eigenvalue weighted by atomic mass is 9.89. The summed E-state index contributed by atoms with van der Waals surface area (Å²) in [7, 11) is 0. The number of amides is 1. The van der Waals surface area contributed by atoms with Gasteiger partial charge in [0.1, 0.15) is 17.0 Å². The van der Waals surface area contributed by atoms with Gasteiger partial charge in [-0.1, -0.05) is 30.3 Å². The molecule has 7 heteroatoms. The molecule has 0 N–H and O–H groups in total. The quantitative estimate of drug-likeness (QED) is 0.595. The molecule has 1 amide bonds. The van der Waals surface area contributed by atoms with E-state index < -0.39 is 0 Å². The Labute approximate surface area is 212 Å². The molecule has 0 aromatic heterocycles. The van der Waals surface area contributed by atoms with Crippen LogP contribution in [-0.2, 0) is 27.3 Å². The summed E-state index contributed by atoms with van der Waals surface area (Å²) in [6.07, 6.45) is 6.57. The number of anilines is 1. The summed E-state index contributed by atoms with van der Waals surface area (Å²) in [5.41, 5.74) is 4.75. The SMILES string of the molecule is CC1(C)CCc2cc(CN3CCC4(CC3)CN(c3ccccc3)C(=O)O4)cc(C3CC3)c2O1.O=C=O. The Morgan fingerprint density at radius 3 is 2.36 bits per heavy atom. The number of hydrogen-bond donors (Lipinski definition) is 0. The van der Waals surface area contributed by atoms with Crippen LogP contribution < -0.4 is 9.64 Å². The second-order valence-corrected chi connectivity index (χ2v) is 11.1. The maximum absolute atomic E-state index is 12.6. The Hall–Kier alpha value is -3.15. The lowest BCUT2D eigenvalue weighted by Crippen LogP contribution is -2.46. The molecule has 0 atom stereocenters. The van der Waals surface area contributed by atoms with Gasteiger partial charge in [0.05, 0.1) is 6.54 Å². The Morgan fingerprint density at radius 1 is 1.00 bits per heavy atom. The van der Waals surface area contributed by atoms with Gasteiger partial charge in [0.15, 0.2) is 0 Å². The largest absolute Gasteiger partial charge is 0.487 e. The number of nitrogens with zero attached hydrogens (tertiary/aromatic N) is 2. The van der Waals surface area contributed by atoms with E-state index in [9.17, 15) is 4.79 Å². The zero-order valence-electron chi connectivity index (χ0n) is 21.1. The van der Waals surface area contributed by atoms with Crippen LogP contribution in [0.4, 0.5) is 10.5 Å². The summed E-state index contributed by atoms with van der Waals surface area (Å²) in [6.45, 7) is 7.94. The first kappa shape index (κ1) is 24.5. The molecule has 190 valence electrons. The van der Waals surface area contributed by atoms with Crippen molar-refractivity contribution in [2.75, 3.05) is 24.5 Å². The van der Waals surface area contributed by atoms with E-state index in [1.54, 1.807) is 4.90 Å². The number of likely N-dealkylation sites (tertiary alicyclic amines) is 1. The van der Waals surface area contributed by atoms with Crippen molar-refractivity contribution < 1.29 is 23.9 Å². The van der Waals surface area contributed by atoms with Gasteiger partial charge in [-0.2, -0.15) is 9.59 Å². The molecular formula is C29H34N2O5. The molecule has 3 fully saturated rings. The van der Waals surface area contributed by atoms with E-state index in [0.717, 1.165) is 51.0 Å². The summed E-state index contributed by atoms with van der Waals surface area (Å²) in [4.78, 5) is 33.2. The number of benzene rings is 2. The van der Waals surface area contributed by atoms with Crippen molar-refractivity contribution in [3.63, 3.8) is 0 Å². The van der Waals surface area contributed by atoms with Crippen LogP contribution in [0.2, 0.25) is 0 Å². The van der Waals surface area contributed by atoms with Gasteiger partial charge in [-0.05, 0) is 74.3 Å². The number of aryl methyl sites for hydroxylation is 1. The molecule has 0 unspecified atom stereocenters. The summed E-state index contributed by atoms with van der Waals surface area (Å²) in [6, 6.07) is 14.7. The molecule has 7 nitrogen and oxygen atoms in total. The smallest absolute Gasteiger partial charge is 0.415 e. The topological polar surface area (TPSA) is 76.2 Å². The monoisotopic (exact) mass is 490 g/mol. The molecule has 0 bridgehead atoms. The molecule has 3 aliphatic heterocycles. The Balaban J connectivity index is 0.000000848. The van der Waals surface area contributed by atoms with E-state index in [1.807, 2.05) is 30.3 Å². The fourth-order valence-corrected chi connectivity index (χ4v) is 5.71. The zero-order valence-corrected chi connectivity index (χ0v) is 21.1. The maximum Gasteiger partial charge on any atom is 0.415 e. The Kier molecular flexibility index (Phi) is 6.62. The lowest BCUT2D eigenvalue weighted by Gasteiger charge is -2.38. The van der Waals surface area contributed by atoms with Crippen molar-refractivity contribution in [3.05, 3.63) is 59.2 Å². The van der Waals surface area contributed by atoms with Crippen molar-refractivity contribution in [2.24, 2.45) is 0 Å². The van der Waals surface area contributed by atoms with Gasteiger partial charge in [-0.15, -0.1) is 0 Å². The Morgan fingerprint density at radius 2 is 1.69 bits per heavy atom. The minimum absolute atomic E-state index is 0.0638. The van der Waals surface area contributed by atoms with Crippen LogP contribution in [0.25, 0.3) is 0 Å². The van der Waals surface area contributed by atoms with Crippen LogP contribution in [0.5, 0.6) is 5.75 Å². The van der Waals surface area contributed by atoms with Gasteiger partial charge >= 0.3 is 12.2 Å². The lowest BCUT2D eigenvalue weighted by molar-refractivity contribution is -0.191. The van der Waals surface area contributed by atoms with Crippen LogP contribution in [0.3, 0.4) is 0 Å². The molecule has 2 saturated heterocycles. The van der Waals surface area contributed by atoms with Crippen molar-refractivity contribution in [3.8, 4) is 5.75 Å². The number of piperidine rings is 1. The van der Waals surface area contributed by atoms with Crippen molar-refractivity contribution in [1.29, 1.82) is 0 Å². The van der Waals surface area contributed by atoms with Gasteiger partial charge < -0.3 is 9.47 Å². The van der Waals surface area contributed by atoms with E-state index in [0.29, 0.717) is 12.5 Å². The molecular weight excluding hydrogens is 456 g/mol. The molecule has 36 heavy (non-hydrogen) atoms. The number of fused-ring (bicyclic) bond motifs is 1. The highest BCUT2D eigenvalue weighted by Crippen LogP contribution is 2.49. The Bertz CT molecular complexity index is 1140. The molecule has 2 aromatic rings. The predicted octanol–water partition coefficient (Wildman–Crippen LogP) is 5.08. The summed E-state index contributed by atoms with van der Waals surface area (Å²) in [5.74, 6) is 1.85. The zero-order chi connectivity index (χ0) is 25.3. The number of hydrogen-bond acceptors (Lipinski definition) is 6. The van der Waals surface area contributed by atoms with Crippen LogP contribution in [0.15, 0.2) is 42.5 Å². The molecule has 3 heterocycles. The van der Waals surface area contributed by atoms with Crippen LogP contribution in [0.1, 0.15) is 68.6 Å². The normalized spacial score (nSPS) is 22.1. The average molecular weight is 491 g/mol. The highest BCUT2D eigenvalue weighted by molar-refractivity contribution is 5.90. The van der Waals surface area contributed by atoms with E-state index in [2.05, 4.69) is 30.9 Å². The average Bonchev–Trinajstić information content (AvgIpc) is 3.65. The minimum atomic E-state index is -0.349. The number of rotatable bonds is 4. The molecule has 0 radical (unpaired) electrons. The highest BCUT2D eigenvalue weighted by Gasteiger charge is 2.47. The summed E-state index contributed by atoms with van der Waals surface area (Å²) in [5, 5.41) is 0. The molecule has 1 spiro atoms. The third kappa shape index (κ3) is 5.18. The minimum Gasteiger partial charge on any atom is -0.487 e. The molecule has 6 rings (SSSR count). The first-order valence-corrected chi connectivity index (χ1v) is 12.9. The number of para-hydroxylation sites is 1. The van der Waals surface area contributed by atoms with Gasteiger partial charge in [-0.3, -0.25) is 9.80 Å².